The Hall–Kier alpha value is -4.05. The highest BCUT2D eigenvalue weighted by molar-refractivity contribution is 7.92. The Morgan fingerprint density at radius 1 is 0.881 bits per heavy atom. The summed E-state index contributed by atoms with van der Waals surface area (Å²) in [7, 11) is -1.26. The van der Waals surface area contributed by atoms with Gasteiger partial charge >= 0.3 is 0 Å². The number of nitrogens with one attached hydrogen (secondary N) is 1. The summed E-state index contributed by atoms with van der Waals surface area (Å²) < 4.78 is 40.0. The van der Waals surface area contributed by atoms with Gasteiger partial charge in [-0.25, -0.2) is 8.42 Å². The number of hydrogen-bond acceptors (Lipinski definition) is 6. The first-order chi connectivity index (χ1) is 20.0. The van der Waals surface area contributed by atoms with Gasteiger partial charge in [-0.15, -0.1) is 0 Å². The van der Waals surface area contributed by atoms with Crippen molar-refractivity contribution in [2.45, 2.75) is 58.0 Å². The molecule has 3 aromatic rings. The Labute approximate surface area is 249 Å². The highest BCUT2D eigenvalue weighted by Gasteiger charge is 2.34. The van der Waals surface area contributed by atoms with Crippen molar-refractivity contribution in [2.24, 2.45) is 0 Å². The van der Waals surface area contributed by atoms with Crippen LogP contribution in [0.15, 0.2) is 71.6 Å². The molecule has 0 unspecified atom stereocenters. The summed E-state index contributed by atoms with van der Waals surface area (Å²) in [5, 5.41) is 2.89. The van der Waals surface area contributed by atoms with E-state index in [9.17, 15) is 18.0 Å². The van der Waals surface area contributed by atoms with E-state index in [1.54, 1.807) is 24.3 Å². The van der Waals surface area contributed by atoms with Gasteiger partial charge < -0.3 is 19.7 Å². The molecule has 1 atom stereocenters. The predicted octanol–water partition coefficient (Wildman–Crippen LogP) is 4.85. The summed E-state index contributed by atoms with van der Waals surface area (Å²) in [5.41, 5.74) is 2.97. The van der Waals surface area contributed by atoms with Crippen molar-refractivity contribution < 1.29 is 27.5 Å². The maximum atomic E-state index is 14.2. The Balaban J connectivity index is 2.11. The number of amides is 2. The summed E-state index contributed by atoms with van der Waals surface area (Å²) in [4.78, 5) is 28.9. The lowest BCUT2D eigenvalue weighted by Crippen LogP contribution is -2.52. The Morgan fingerprint density at radius 3 is 2.17 bits per heavy atom. The highest BCUT2D eigenvalue weighted by atomic mass is 32.2. The van der Waals surface area contributed by atoms with Crippen molar-refractivity contribution in [2.75, 3.05) is 31.6 Å². The maximum Gasteiger partial charge on any atom is 0.264 e. The molecule has 9 nitrogen and oxygen atoms in total. The van der Waals surface area contributed by atoms with Crippen molar-refractivity contribution in [3.05, 3.63) is 83.4 Å². The van der Waals surface area contributed by atoms with Gasteiger partial charge in [0.2, 0.25) is 11.8 Å². The first-order valence-corrected chi connectivity index (χ1v) is 15.4. The standard InChI is InChI=1S/C32H41N3O6S/c1-7-18-33-32(37)28(8-2)34(21-25-11-9-10-24(4)19-25)31(36)22-35(26-14-17-29(40-5)30(20-26)41-6)42(38,39)27-15-12-23(3)13-16-27/h9-17,19-20,28H,7-8,18,21-22H2,1-6H3,(H,33,37)/t28-/m1/s1. The summed E-state index contributed by atoms with van der Waals surface area (Å²) in [6.45, 7) is 7.69. The number of aryl methyl sites for hydroxylation is 2. The van der Waals surface area contributed by atoms with Gasteiger partial charge in [-0.3, -0.25) is 13.9 Å². The zero-order valence-corrected chi connectivity index (χ0v) is 26.0. The topological polar surface area (TPSA) is 105 Å². The summed E-state index contributed by atoms with van der Waals surface area (Å²) >= 11 is 0. The Bertz CT molecular complexity index is 1470. The molecular weight excluding hydrogens is 554 g/mol. The van der Waals surface area contributed by atoms with Crippen LogP contribution in [0.5, 0.6) is 11.5 Å². The van der Waals surface area contributed by atoms with Crippen LogP contribution >= 0.6 is 0 Å². The molecular formula is C32H41N3O6S. The smallest absolute Gasteiger partial charge is 0.264 e. The van der Waals surface area contributed by atoms with Gasteiger partial charge in [-0.05, 0) is 56.5 Å². The molecule has 0 fully saturated rings. The molecule has 0 aromatic heterocycles. The van der Waals surface area contributed by atoms with Crippen LogP contribution in [0, 0.1) is 13.8 Å². The third kappa shape index (κ3) is 7.82. The monoisotopic (exact) mass is 595 g/mol. The van der Waals surface area contributed by atoms with Crippen LogP contribution in [-0.2, 0) is 26.2 Å². The number of nitrogens with zero attached hydrogens (tertiary/aromatic N) is 2. The Morgan fingerprint density at radius 2 is 1.57 bits per heavy atom. The van der Waals surface area contributed by atoms with Gasteiger partial charge in [0.1, 0.15) is 12.6 Å². The molecule has 42 heavy (non-hydrogen) atoms. The molecule has 0 saturated heterocycles. The molecule has 2 amide bonds. The molecule has 3 aromatic carbocycles. The van der Waals surface area contributed by atoms with Gasteiger partial charge in [0.05, 0.1) is 24.8 Å². The number of methoxy groups -OCH3 is 2. The SMILES string of the molecule is CCCNC(=O)[C@@H](CC)N(Cc1cccc(C)c1)C(=O)CN(c1ccc(OC)c(OC)c1)S(=O)(=O)c1ccc(C)cc1. The quantitative estimate of drug-likeness (QED) is 0.286. The van der Waals surface area contributed by atoms with Crippen LogP contribution in [0.25, 0.3) is 0 Å². The number of rotatable bonds is 14. The second kappa shape index (κ2) is 14.7. The average molecular weight is 596 g/mol. The van der Waals surface area contributed by atoms with Crippen molar-refractivity contribution in [3.63, 3.8) is 0 Å². The molecule has 0 aliphatic heterocycles. The lowest BCUT2D eigenvalue weighted by Gasteiger charge is -2.33. The van der Waals surface area contributed by atoms with E-state index in [0.29, 0.717) is 24.5 Å². The molecule has 0 bridgehead atoms. The van der Waals surface area contributed by atoms with Gasteiger partial charge in [-0.2, -0.15) is 0 Å². The summed E-state index contributed by atoms with van der Waals surface area (Å²) in [6, 6.07) is 18.0. The van der Waals surface area contributed by atoms with Crippen molar-refractivity contribution >= 4 is 27.5 Å². The molecule has 3 rings (SSSR count). The van der Waals surface area contributed by atoms with Crippen LogP contribution in [0.4, 0.5) is 5.69 Å². The van der Waals surface area contributed by atoms with Crippen molar-refractivity contribution in [1.82, 2.24) is 10.2 Å². The van der Waals surface area contributed by atoms with Crippen LogP contribution in [0.2, 0.25) is 0 Å². The lowest BCUT2D eigenvalue weighted by atomic mass is 10.1. The largest absolute Gasteiger partial charge is 0.493 e. The minimum absolute atomic E-state index is 0.0358. The molecule has 1 N–H and O–H groups in total. The third-order valence-electron chi connectivity index (χ3n) is 6.91. The molecule has 0 spiro atoms. The number of hydrogen-bond donors (Lipinski definition) is 1. The van der Waals surface area contributed by atoms with E-state index in [2.05, 4.69) is 5.32 Å². The molecule has 0 saturated carbocycles. The van der Waals surface area contributed by atoms with Gasteiger partial charge in [0.25, 0.3) is 10.0 Å². The minimum Gasteiger partial charge on any atom is -0.493 e. The third-order valence-corrected chi connectivity index (χ3v) is 8.70. The minimum atomic E-state index is -4.20. The van der Waals surface area contributed by atoms with E-state index in [1.807, 2.05) is 52.0 Å². The van der Waals surface area contributed by atoms with Gasteiger partial charge in [0, 0.05) is 19.2 Å². The lowest BCUT2D eigenvalue weighted by molar-refractivity contribution is -0.140. The highest BCUT2D eigenvalue weighted by Crippen LogP contribution is 2.34. The second-order valence-electron chi connectivity index (χ2n) is 10.1. The Kier molecular flexibility index (Phi) is 11.4. The number of anilines is 1. The van der Waals surface area contributed by atoms with E-state index < -0.39 is 28.5 Å². The van der Waals surface area contributed by atoms with Crippen molar-refractivity contribution in [3.8, 4) is 11.5 Å². The summed E-state index contributed by atoms with van der Waals surface area (Å²) in [5.74, 6) is -0.0617. The summed E-state index contributed by atoms with van der Waals surface area (Å²) in [6.07, 6.45) is 1.10. The molecule has 0 aliphatic rings. The second-order valence-corrected chi connectivity index (χ2v) is 12.0. The van der Waals surface area contributed by atoms with Crippen molar-refractivity contribution in [1.29, 1.82) is 0 Å². The van der Waals surface area contributed by atoms with E-state index in [-0.39, 0.29) is 23.0 Å². The zero-order chi connectivity index (χ0) is 30.9. The fourth-order valence-electron chi connectivity index (χ4n) is 4.64. The normalized spacial score (nSPS) is 11.9. The molecule has 0 heterocycles. The maximum absolute atomic E-state index is 14.2. The molecule has 0 radical (unpaired) electrons. The van der Waals surface area contributed by atoms with Gasteiger partial charge in [0.15, 0.2) is 11.5 Å². The fraction of sp³-hybridized carbons (Fsp3) is 0.375. The van der Waals surface area contributed by atoms with E-state index in [4.69, 9.17) is 9.47 Å². The molecule has 0 aliphatic carbocycles. The van der Waals surface area contributed by atoms with Crippen LogP contribution in [0.3, 0.4) is 0 Å². The van der Waals surface area contributed by atoms with Crippen LogP contribution in [0.1, 0.15) is 43.4 Å². The number of sulfonamides is 1. The number of benzene rings is 3. The van der Waals surface area contributed by atoms with E-state index in [1.165, 1.54) is 37.3 Å². The number of carbonyl (C=O) groups excluding carboxylic acids is 2. The van der Waals surface area contributed by atoms with Crippen LogP contribution < -0.4 is 19.1 Å². The fourth-order valence-corrected chi connectivity index (χ4v) is 6.04. The zero-order valence-electron chi connectivity index (χ0n) is 25.2. The van der Waals surface area contributed by atoms with Gasteiger partial charge in [-0.1, -0.05) is 61.4 Å². The molecule has 226 valence electrons. The average Bonchev–Trinajstić information content (AvgIpc) is 2.98. The van der Waals surface area contributed by atoms with E-state index >= 15 is 0 Å². The predicted molar refractivity (Wildman–Crippen MR) is 164 cm³/mol. The first kappa shape index (κ1) is 32.5. The van der Waals surface area contributed by atoms with Crippen LogP contribution in [-0.4, -0.2) is 58.5 Å². The van der Waals surface area contributed by atoms with E-state index in [0.717, 1.165) is 27.4 Å². The number of carbonyl (C=O) groups is 2. The molecule has 10 heteroatoms. The number of ether oxygens (including phenoxy) is 2. The first-order valence-electron chi connectivity index (χ1n) is 14.0.